The molecular weight excluding hydrogens is 426 g/mol. The number of benzene rings is 2. The third kappa shape index (κ3) is 6.21. The van der Waals surface area contributed by atoms with E-state index < -0.39 is 22.0 Å². The van der Waals surface area contributed by atoms with Crippen LogP contribution >= 0.6 is 11.6 Å². The van der Waals surface area contributed by atoms with E-state index in [1.807, 2.05) is 13.8 Å². The number of hydrogen-bond donors (Lipinski definition) is 2. The van der Waals surface area contributed by atoms with Crippen LogP contribution in [0, 0.1) is 5.92 Å². The van der Waals surface area contributed by atoms with E-state index in [1.165, 1.54) is 19.1 Å². The summed E-state index contributed by atoms with van der Waals surface area (Å²) in [6, 6.07) is 11.7. The van der Waals surface area contributed by atoms with E-state index in [4.69, 9.17) is 11.6 Å². The summed E-state index contributed by atoms with van der Waals surface area (Å²) >= 11 is 5.89. The largest absolute Gasteiger partial charge is 0.352 e. The van der Waals surface area contributed by atoms with E-state index in [-0.39, 0.29) is 11.8 Å². The van der Waals surface area contributed by atoms with Gasteiger partial charge in [-0.3, -0.25) is 13.9 Å². The van der Waals surface area contributed by atoms with Crippen molar-refractivity contribution in [2.45, 2.75) is 26.8 Å². The van der Waals surface area contributed by atoms with E-state index >= 15 is 0 Å². The van der Waals surface area contributed by atoms with Crippen molar-refractivity contribution in [1.82, 2.24) is 5.32 Å². The van der Waals surface area contributed by atoms with Gasteiger partial charge in [-0.05, 0) is 49.2 Å². The average molecular weight is 452 g/mol. The maximum absolute atomic E-state index is 12.9. The van der Waals surface area contributed by atoms with Gasteiger partial charge in [0.15, 0.2) is 0 Å². The van der Waals surface area contributed by atoms with Crippen LogP contribution in [0.1, 0.15) is 31.1 Å². The lowest BCUT2D eigenvalue weighted by atomic mass is 10.1. The lowest BCUT2D eigenvalue weighted by Crippen LogP contribution is -2.45. The molecule has 2 N–H and O–H groups in total. The molecule has 0 radical (unpaired) electrons. The molecule has 0 unspecified atom stereocenters. The highest BCUT2D eigenvalue weighted by Crippen LogP contribution is 2.24. The second-order valence-electron chi connectivity index (χ2n) is 7.35. The van der Waals surface area contributed by atoms with Crippen LogP contribution in [0.25, 0.3) is 0 Å². The van der Waals surface area contributed by atoms with Gasteiger partial charge >= 0.3 is 0 Å². The molecule has 0 saturated carbocycles. The Morgan fingerprint density at radius 3 is 2.20 bits per heavy atom. The first-order chi connectivity index (χ1) is 14.0. The van der Waals surface area contributed by atoms with Crippen molar-refractivity contribution >= 4 is 44.8 Å². The number of nitrogens with one attached hydrogen (secondary N) is 2. The smallest absolute Gasteiger partial charge is 0.253 e. The molecule has 0 aliphatic heterocycles. The Morgan fingerprint density at radius 2 is 1.63 bits per heavy atom. The minimum atomic E-state index is -3.76. The molecular formula is C21H26ClN3O4S. The number of carbonyl (C=O) groups excluding carboxylic acids is 2. The van der Waals surface area contributed by atoms with Crippen molar-refractivity contribution in [3.63, 3.8) is 0 Å². The van der Waals surface area contributed by atoms with Crippen molar-refractivity contribution in [2.75, 3.05) is 22.4 Å². The number of amides is 2. The van der Waals surface area contributed by atoms with Crippen LogP contribution < -0.4 is 14.9 Å². The Balaban J connectivity index is 2.28. The van der Waals surface area contributed by atoms with E-state index in [1.54, 1.807) is 36.4 Å². The Bertz CT molecular complexity index is 1010. The molecule has 30 heavy (non-hydrogen) atoms. The van der Waals surface area contributed by atoms with Crippen LogP contribution in [0.4, 0.5) is 11.4 Å². The zero-order chi connectivity index (χ0) is 22.5. The van der Waals surface area contributed by atoms with Gasteiger partial charge in [-0.15, -0.1) is 0 Å². The van der Waals surface area contributed by atoms with Crippen molar-refractivity contribution in [3.8, 4) is 0 Å². The van der Waals surface area contributed by atoms with E-state index in [9.17, 15) is 18.0 Å². The highest BCUT2D eigenvalue weighted by atomic mass is 35.5. The number of para-hydroxylation sites is 1. The minimum Gasteiger partial charge on any atom is -0.352 e. The SMILES string of the molecule is CC(C)CNC(=O)c1ccccc1NC(=O)[C@@H](C)N(c1ccc(Cl)cc1)S(C)(=O)=O. The third-order valence-electron chi connectivity index (χ3n) is 4.27. The molecule has 0 spiro atoms. The molecule has 2 aromatic rings. The van der Waals surface area contributed by atoms with Gasteiger partial charge in [0, 0.05) is 11.6 Å². The minimum absolute atomic E-state index is 0.276. The predicted molar refractivity (Wildman–Crippen MR) is 120 cm³/mol. The van der Waals surface area contributed by atoms with Gasteiger partial charge in [0.05, 0.1) is 23.2 Å². The van der Waals surface area contributed by atoms with Crippen LogP contribution in [0.2, 0.25) is 5.02 Å². The second kappa shape index (κ2) is 9.95. The fourth-order valence-corrected chi connectivity index (χ4v) is 4.12. The van der Waals surface area contributed by atoms with E-state index in [0.29, 0.717) is 28.5 Å². The Morgan fingerprint density at radius 1 is 1.03 bits per heavy atom. The van der Waals surface area contributed by atoms with Crippen molar-refractivity contribution in [1.29, 1.82) is 0 Å². The summed E-state index contributed by atoms with van der Waals surface area (Å²) in [6.07, 6.45) is 1.03. The van der Waals surface area contributed by atoms with Crippen LogP contribution in [0.15, 0.2) is 48.5 Å². The highest BCUT2D eigenvalue weighted by molar-refractivity contribution is 7.92. The molecule has 2 amide bonds. The first-order valence-electron chi connectivity index (χ1n) is 9.43. The Labute approximate surface area is 182 Å². The van der Waals surface area contributed by atoms with Crippen LogP contribution in [0.5, 0.6) is 0 Å². The van der Waals surface area contributed by atoms with Gasteiger partial charge in [0.25, 0.3) is 5.91 Å². The number of hydrogen-bond acceptors (Lipinski definition) is 4. The van der Waals surface area contributed by atoms with Gasteiger partial charge in [0.1, 0.15) is 6.04 Å². The zero-order valence-electron chi connectivity index (χ0n) is 17.3. The van der Waals surface area contributed by atoms with Crippen LogP contribution in [-0.4, -0.2) is 39.1 Å². The first kappa shape index (κ1) is 23.7. The quantitative estimate of drug-likeness (QED) is 0.641. The maximum Gasteiger partial charge on any atom is 0.253 e. The summed E-state index contributed by atoms with van der Waals surface area (Å²) in [5.74, 6) is -0.608. The predicted octanol–water partition coefficient (Wildman–Crippen LogP) is 3.52. The molecule has 0 aliphatic carbocycles. The number of rotatable bonds is 8. The highest BCUT2D eigenvalue weighted by Gasteiger charge is 2.29. The summed E-state index contributed by atoms with van der Waals surface area (Å²) in [7, 11) is -3.76. The number of sulfonamides is 1. The molecule has 2 rings (SSSR count). The van der Waals surface area contributed by atoms with E-state index in [2.05, 4.69) is 10.6 Å². The van der Waals surface area contributed by atoms with Crippen molar-refractivity contribution < 1.29 is 18.0 Å². The lowest BCUT2D eigenvalue weighted by Gasteiger charge is -2.28. The Kier molecular flexibility index (Phi) is 7.86. The third-order valence-corrected chi connectivity index (χ3v) is 5.76. The molecule has 2 aromatic carbocycles. The average Bonchev–Trinajstić information content (AvgIpc) is 2.67. The number of anilines is 2. The first-order valence-corrected chi connectivity index (χ1v) is 11.7. The van der Waals surface area contributed by atoms with Gasteiger partial charge in [-0.1, -0.05) is 37.6 Å². The maximum atomic E-state index is 12.9. The topological polar surface area (TPSA) is 95.6 Å². The molecule has 0 aromatic heterocycles. The number of halogens is 1. The molecule has 0 fully saturated rings. The summed E-state index contributed by atoms with van der Waals surface area (Å²) in [4.78, 5) is 25.4. The van der Waals surface area contributed by atoms with Crippen molar-refractivity contribution in [3.05, 3.63) is 59.1 Å². The molecule has 7 nitrogen and oxygen atoms in total. The number of nitrogens with zero attached hydrogens (tertiary/aromatic N) is 1. The van der Waals surface area contributed by atoms with Crippen LogP contribution in [0.3, 0.4) is 0 Å². The fourth-order valence-electron chi connectivity index (χ4n) is 2.82. The molecule has 1 atom stereocenters. The Hall–Kier alpha value is -2.58. The molecule has 0 heterocycles. The summed E-state index contributed by atoms with van der Waals surface area (Å²) in [5.41, 5.74) is 0.920. The fraction of sp³-hybridized carbons (Fsp3) is 0.333. The second-order valence-corrected chi connectivity index (χ2v) is 9.65. The van der Waals surface area contributed by atoms with Gasteiger partial charge in [0.2, 0.25) is 15.9 Å². The summed E-state index contributed by atoms with van der Waals surface area (Å²) in [5, 5.41) is 5.94. The molecule has 0 aliphatic rings. The molecule has 9 heteroatoms. The summed E-state index contributed by atoms with van der Waals surface area (Å²) < 4.78 is 25.8. The number of carbonyl (C=O) groups is 2. The van der Waals surface area contributed by atoms with Crippen molar-refractivity contribution in [2.24, 2.45) is 5.92 Å². The molecule has 0 bridgehead atoms. The zero-order valence-corrected chi connectivity index (χ0v) is 18.9. The van der Waals surface area contributed by atoms with E-state index in [0.717, 1.165) is 10.6 Å². The van der Waals surface area contributed by atoms with Gasteiger partial charge in [-0.2, -0.15) is 0 Å². The monoisotopic (exact) mass is 451 g/mol. The normalized spacial score (nSPS) is 12.3. The van der Waals surface area contributed by atoms with Crippen LogP contribution in [-0.2, 0) is 14.8 Å². The standard InChI is InChI=1S/C21H26ClN3O4S/c1-14(2)13-23-21(27)18-7-5-6-8-19(18)24-20(26)15(3)25(30(4,28)29)17-11-9-16(22)10-12-17/h5-12,14-15H,13H2,1-4H3,(H,23,27)(H,24,26)/t15-/m1/s1. The summed E-state index contributed by atoms with van der Waals surface area (Å²) in [6.45, 7) is 5.93. The van der Waals surface area contributed by atoms with Gasteiger partial charge < -0.3 is 10.6 Å². The van der Waals surface area contributed by atoms with Gasteiger partial charge in [-0.25, -0.2) is 8.42 Å². The lowest BCUT2D eigenvalue weighted by molar-refractivity contribution is -0.116. The molecule has 162 valence electrons. The molecule has 0 saturated heterocycles.